The third-order valence-corrected chi connectivity index (χ3v) is 14.1. The summed E-state index contributed by atoms with van der Waals surface area (Å²) in [5.74, 6) is -0.0719. The van der Waals surface area contributed by atoms with E-state index < -0.39 is 12.1 Å². The highest BCUT2D eigenvalue weighted by Crippen LogP contribution is 2.16. The maximum Gasteiger partial charge on any atom is 0.305 e. The lowest BCUT2D eigenvalue weighted by Crippen LogP contribution is -2.45. The van der Waals surface area contributed by atoms with Crippen molar-refractivity contribution in [2.75, 3.05) is 13.2 Å². The molecule has 0 saturated carbocycles. The van der Waals surface area contributed by atoms with Gasteiger partial charge in [0.1, 0.15) is 0 Å². The monoisotopic (exact) mass is 982 g/mol. The van der Waals surface area contributed by atoms with Crippen LogP contribution in [0, 0.1) is 0 Å². The quantitative estimate of drug-likeness (QED) is 0.0321. The standard InChI is InChI=1S/C64H119NO5/c1-3-5-7-9-11-13-15-16-30-33-37-40-44-48-52-56-62(67)61(60-66)65-63(68)57-53-49-45-41-38-34-31-28-26-24-22-20-18-17-19-21-23-25-27-29-32-35-39-43-47-51-55-59-70-64(69)58-54-50-46-42-36-14-12-10-8-6-4-2/h10,12,17-18,21,23,52,56,61-62,66-67H,3-9,11,13-16,19-20,22,24-51,53-55,57-60H2,1-2H3,(H,65,68)/b12-10-,18-17-,23-21-,56-52+. The van der Waals surface area contributed by atoms with Gasteiger partial charge in [-0.3, -0.25) is 9.59 Å². The van der Waals surface area contributed by atoms with Crippen molar-refractivity contribution in [1.29, 1.82) is 0 Å². The minimum atomic E-state index is -0.847. The van der Waals surface area contributed by atoms with Crippen molar-refractivity contribution in [1.82, 2.24) is 5.32 Å². The van der Waals surface area contributed by atoms with Gasteiger partial charge in [-0.1, -0.05) is 274 Å². The van der Waals surface area contributed by atoms with Gasteiger partial charge in [0.15, 0.2) is 0 Å². The number of amides is 1. The van der Waals surface area contributed by atoms with Crippen molar-refractivity contribution >= 4 is 11.9 Å². The Hall–Kier alpha value is -2.18. The molecule has 70 heavy (non-hydrogen) atoms. The van der Waals surface area contributed by atoms with Crippen LogP contribution in [0.5, 0.6) is 0 Å². The highest BCUT2D eigenvalue weighted by atomic mass is 16.5. The molecule has 0 aromatic heterocycles. The van der Waals surface area contributed by atoms with Gasteiger partial charge < -0.3 is 20.3 Å². The van der Waals surface area contributed by atoms with Crippen molar-refractivity contribution in [3.05, 3.63) is 48.6 Å². The second-order valence-corrected chi connectivity index (χ2v) is 21.0. The highest BCUT2D eigenvalue weighted by Gasteiger charge is 2.18. The van der Waals surface area contributed by atoms with Crippen molar-refractivity contribution in [3.63, 3.8) is 0 Å². The number of esters is 1. The molecule has 0 fully saturated rings. The van der Waals surface area contributed by atoms with Gasteiger partial charge in [0, 0.05) is 12.8 Å². The SMILES string of the molecule is CCCC/C=C\CCCCCCCC(=O)OCCCCCCCCCCC/C=C\C/C=C\CCCCCCCCCCCCCC(=O)NC(CO)C(O)/C=C/CCCCCCCCCCCCCCC. The number of aliphatic hydroxyl groups is 2. The van der Waals surface area contributed by atoms with Crippen LogP contribution in [-0.4, -0.2) is 47.4 Å². The molecule has 0 aromatic rings. The summed E-state index contributed by atoms with van der Waals surface area (Å²) < 4.78 is 5.45. The van der Waals surface area contributed by atoms with E-state index in [1.165, 1.54) is 244 Å². The summed E-state index contributed by atoms with van der Waals surface area (Å²) in [7, 11) is 0. The van der Waals surface area contributed by atoms with Gasteiger partial charge in [0.05, 0.1) is 25.4 Å². The Labute approximate surface area is 436 Å². The van der Waals surface area contributed by atoms with Crippen molar-refractivity contribution in [2.45, 2.75) is 334 Å². The lowest BCUT2D eigenvalue weighted by Gasteiger charge is -2.20. The normalized spacial score (nSPS) is 12.9. The van der Waals surface area contributed by atoms with E-state index in [0.717, 1.165) is 51.4 Å². The van der Waals surface area contributed by atoms with Gasteiger partial charge >= 0.3 is 5.97 Å². The minimum Gasteiger partial charge on any atom is -0.466 e. The predicted molar refractivity (Wildman–Crippen MR) is 306 cm³/mol. The number of carbonyl (C=O) groups excluding carboxylic acids is 2. The smallest absolute Gasteiger partial charge is 0.305 e. The fraction of sp³-hybridized carbons (Fsp3) is 0.844. The molecule has 3 N–H and O–H groups in total. The topological polar surface area (TPSA) is 95.9 Å². The average molecular weight is 983 g/mol. The molecule has 0 aliphatic heterocycles. The zero-order valence-corrected chi connectivity index (χ0v) is 46.7. The summed E-state index contributed by atoms with van der Waals surface area (Å²) in [4.78, 5) is 24.4. The molecular formula is C64H119NO5. The Morgan fingerprint density at radius 3 is 1.14 bits per heavy atom. The summed E-state index contributed by atoms with van der Waals surface area (Å²) in [6.45, 7) is 4.87. The molecule has 0 aliphatic carbocycles. The summed E-state index contributed by atoms with van der Waals surface area (Å²) in [6, 6.07) is -0.631. The largest absolute Gasteiger partial charge is 0.466 e. The van der Waals surface area contributed by atoms with E-state index in [2.05, 4.69) is 55.6 Å². The summed E-state index contributed by atoms with van der Waals surface area (Å²) in [5.41, 5.74) is 0. The molecule has 0 aliphatic rings. The number of hydrogen-bond acceptors (Lipinski definition) is 5. The van der Waals surface area contributed by atoms with Crippen LogP contribution >= 0.6 is 0 Å². The van der Waals surface area contributed by atoms with E-state index >= 15 is 0 Å². The minimum absolute atomic E-state index is 0.00131. The average Bonchev–Trinajstić information content (AvgIpc) is 3.36. The van der Waals surface area contributed by atoms with Gasteiger partial charge in [-0.15, -0.1) is 0 Å². The fourth-order valence-electron chi connectivity index (χ4n) is 9.29. The second kappa shape index (κ2) is 59.4. The van der Waals surface area contributed by atoms with Crippen molar-refractivity contribution in [2.24, 2.45) is 0 Å². The maximum atomic E-state index is 12.5. The van der Waals surface area contributed by atoms with Gasteiger partial charge in [-0.25, -0.2) is 0 Å². The van der Waals surface area contributed by atoms with Crippen LogP contribution in [-0.2, 0) is 14.3 Å². The van der Waals surface area contributed by atoms with Crippen LogP contribution < -0.4 is 5.32 Å². The third kappa shape index (κ3) is 55.1. The fourth-order valence-corrected chi connectivity index (χ4v) is 9.29. The summed E-state index contributed by atoms with van der Waals surface area (Å²) in [6.07, 6.45) is 75.8. The van der Waals surface area contributed by atoms with Crippen LogP contribution in [0.3, 0.4) is 0 Å². The molecule has 1 amide bonds. The van der Waals surface area contributed by atoms with Gasteiger partial charge in [0.25, 0.3) is 0 Å². The first kappa shape index (κ1) is 67.8. The zero-order chi connectivity index (χ0) is 50.7. The molecule has 6 nitrogen and oxygen atoms in total. The second-order valence-electron chi connectivity index (χ2n) is 21.0. The highest BCUT2D eigenvalue weighted by molar-refractivity contribution is 5.76. The van der Waals surface area contributed by atoms with Crippen LogP contribution in [0.2, 0.25) is 0 Å². The Kier molecular flexibility index (Phi) is 57.5. The number of unbranched alkanes of at least 4 members (excludes halogenated alkanes) is 40. The first-order valence-corrected chi connectivity index (χ1v) is 30.9. The van der Waals surface area contributed by atoms with E-state index in [4.69, 9.17) is 4.74 Å². The lowest BCUT2D eigenvalue weighted by molar-refractivity contribution is -0.143. The number of allylic oxidation sites excluding steroid dienone is 7. The number of carbonyl (C=O) groups is 2. The molecule has 2 atom stereocenters. The first-order chi connectivity index (χ1) is 34.5. The van der Waals surface area contributed by atoms with Crippen molar-refractivity contribution in [3.8, 4) is 0 Å². The van der Waals surface area contributed by atoms with Crippen molar-refractivity contribution < 1.29 is 24.5 Å². The Bertz CT molecular complexity index is 1180. The van der Waals surface area contributed by atoms with Crippen LogP contribution in [0.15, 0.2) is 48.6 Å². The summed E-state index contributed by atoms with van der Waals surface area (Å²) in [5, 5.41) is 23.1. The molecule has 0 aromatic carbocycles. The molecule has 2 unspecified atom stereocenters. The van der Waals surface area contributed by atoms with E-state index in [1.54, 1.807) is 6.08 Å². The van der Waals surface area contributed by atoms with E-state index in [9.17, 15) is 19.8 Å². The molecule has 0 heterocycles. The third-order valence-electron chi connectivity index (χ3n) is 14.1. The lowest BCUT2D eigenvalue weighted by atomic mass is 10.0. The maximum absolute atomic E-state index is 12.5. The molecule has 410 valence electrons. The predicted octanol–water partition coefficient (Wildman–Crippen LogP) is 19.4. The van der Waals surface area contributed by atoms with E-state index in [0.29, 0.717) is 19.4 Å². The number of nitrogens with one attached hydrogen (secondary N) is 1. The first-order valence-electron chi connectivity index (χ1n) is 30.9. The van der Waals surface area contributed by atoms with E-state index in [-0.39, 0.29) is 18.5 Å². The Balaban J connectivity index is 3.45. The Morgan fingerprint density at radius 1 is 0.400 bits per heavy atom. The molecular weight excluding hydrogens is 863 g/mol. The van der Waals surface area contributed by atoms with Crippen LogP contribution in [0.4, 0.5) is 0 Å². The molecule has 0 rings (SSSR count). The molecule has 0 radical (unpaired) electrons. The molecule has 0 saturated heterocycles. The molecule has 0 spiro atoms. The van der Waals surface area contributed by atoms with Gasteiger partial charge in [-0.2, -0.15) is 0 Å². The van der Waals surface area contributed by atoms with Crippen LogP contribution in [0.1, 0.15) is 322 Å². The van der Waals surface area contributed by atoms with Crippen LogP contribution in [0.25, 0.3) is 0 Å². The number of aliphatic hydroxyl groups excluding tert-OH is 2. The number of hydrogen-bond donors (Lipinski definition) is 3. The Morgan fingerprint density at radius 2 is 0.729 bits per heavy atom. The van der Waals surface area contributed by atoms with Gasteiger partial charge in [0.2, 0.25) is 5.91 Å². The molecule has 6 heteroatoms. The number of rotatable bonds is 57. The van der Waals surface area contributed by atoms with Gasteiger partial charge in [-0.05, 0) is 83.5 Å². The summed E-state index contributed by atoms with van der Waals surface area (Å²) >= 11 is 0. The molecule has 0 bridgehead atoms. The zero-order valence-electron chi connectivity index (χ0n) is 46.7. The number of ether oxygens (including phenoxy) is 1. The van der Waals surface area contributed by atoms with E-state index in [1.807, 2.05) is 6.08 Å².